The standard InChI is InChI=1S/C19H32N4O2/c1-5-8-23-14-19(6-9-21(3)10-7-19)12-17(23)18(24)22(4)13-16-11-15(2)20-25-16/h11,17H,5-10,12-14H2,1-4H3/t17-/m1/s1. The zero-order valence-electron chi connectivity index (χ0n) is 16.1. The van der Waals surface area contributed by atoms with E-state index in [0.29, 0.717) is 12.0 Å². The molecule has 2 aliphatic heterocycles. The monoisotopic (exact) mass is 348 g/mol. The number of likely N-dealkylation sites (tertiary alicyclic amines) is 2. The average Bonchev–Trinajstić information content (AvgIpc) is 3.14. The fraction of sp³-hybridized carbons (Fsp3) is 0.789. The zero-order chi connectivity index (χ0) is 18.0. The van der Waals surface area contributed by atoms with Crippen LogP contribution in [0.5, 0.6) is 0 Å². The maximum absolute atomic E-state index is 13.1. The summed E-state index contributed by atoms with van der Waals surface area (Å²) in [5.41, 5.74) is 1.18. The molecule has 2 fully saturated rings. The smallest absolute Gasteiger partial charge is 0.240 e. The van der Waals surface area contributed by atoms with Crippen molar-refractivity contribution < 1.29 is 9.32 Å². The predicted molar refractivity (Wildman–Crippen MR) is 97.1 cm³/mol. The molecular formula is C19H32N4O2. The van der Waals surface area contributed by atoms with Gasteiger partial charge in [-0.05, 0) is 64.7 Å². The van der Waals surface area contributed by atoms with Crippen LogP contribution in [0.4, 0.5) is 0 Å². The summed E-state index contributed by atoms with van der Waals surface area (Å²) in [5, 5.41) is 3.92. The van der Waals surface area contributed by atoms with Crippen molar-refractivity contribution in [1.82, 2.24) is 19.9 Å². The summed E-state index contributed by atoms with van der Waals surface area (Å²) < 4.78 is 5.28. The van der Waals surface area contributed by atoms with Crippen LogP contribution in [0.1, 0.15) is 44.1 Å². The molecular weight excluding hydrogens is 316 g/mol. The minimum absolute atomic E-state index is 0.0115. The number of nitrogens with zero attached hydrogens (tertiary/aromatic N) is 4. The lowest BCUT2D eigenvalue weighted by atomic mass is 9.76. The lowest BCUT2D eigenvalue weighted by Gasteiger charge is -2.37. The van der Waals surface area contributed by atoms with Gasteiger partial charge >= 0.3 is 0 Å². The molecule has 140 valence electrons. The Balaban J connectivity index is 1.68. The Labute approximate surface area is 151 Å². The number of piperidine rings is 1. The van der Waals surface area contributed by atoms with E-state index < -0.39 is 0 Å². The molecule has 2 aliphatic rings. The van der Waals surface area contributed by atoms with E-state index in [1.807, 2.05) is 20.0 Å². The number of carbonyl (C=O) groups excluding carboxylic acids is 1. The molecule has 1 aromatic rings. The van der Waals surface area contributed by atoms with Crippen molar-refractivity contribution in [3.63, 3.8) is 0 Å². The van der Waals surface area contributed by atoms with Crippen LogP contribution in [0.2, 0.25) is 0 Å². The first-order chi connectivity index (χ1) is 11.9. The highest BCUT2D eigenvalue weighted by Gasteiger charge is 2.47. The van der Waals surface area contributed by atoms with Gasteiger partial charge in [-0.3, -0.25) is 9.69 Å². The first kappa shape index (κ1) is 18.4. The Hall–Kier alpha value is -1.40. The van der Waals surface area contributed by atoms with E-state index in [1.165, 1.54) is 12.8 Å². The number of hydrogen-bond acceptors (Lipinski definition) is 5. The van der Waals surface area contributed by atoms with Crippen LogP contribution in [-0.4, -0.2) is 72.1 Å². The van der Waals surface area contributed by atoms with Gasteiger partial charge in [0.15, 0.2) is 5.76 Å². The fourth-order valence-electron chi connectivity index (χ4n) is 4.42. The summed E-state index contributed by atoms with van der Waals surface area (Å²) in [4.78, 5) is 19.8. The molecule has 6 nitrogen and oxygen atoms in total. The van der Waals surface area contributed by atoms with Gasteiger partial charge in [-0.15, -0.1) is 0 Å². The normalized spacial score (nSPS) is 24.1. The van der Waals surface area contributed by atoms with Crippen molar-refractivity contribution >= 4 is 5.91 Å². The van der Waals surface area contributed by atoms with Crippen LogP contribution in [0, 0.1) is 12.3 Å². The number of amides is 1. The molecule has 1 atom stereocenters. The quantitative estimate of drug-likeness (QED) is 0.816. The second kappa shape index (κ2) is 7.46. The van der Waals surface area contributed by atoms with Crippen LogP contribution in [0.3, 0.4) is 0 Å². The van der Waals surface area contributed by atoms with E-state index in [9.17, 15) is 4.79 Å². The third-order valence-corrected chi connectivity index (χ3v) is 5.90. The highest BCUT2D eigenvalue weighted by Crippen LogP contribution is 2.43. The van der Waals surface area contributed by atoms with E-state index >= 15 is 0 Å². The minimum Gasteiger partial charge on any atom is -0.359 e. The van der Waals surface area contributed by atoms with E-state index in [-0.39, 0.29) is 11.9 Å². The molecule has 0 radical (unpaired) electrons. The molecule has 0 bridgehead atoms. The second-order valence-corrected chi connectivity index (χ2v) is 8.12. The Morgan fingerprint density at radius 1 is 1.44 bits per heavy atom. The van der Waals surface area contributed by atoms with Gasteiger partial charge in [0, 0.05) is 19.7 Å². The third-order valence-electron chi connectivity index (χ3n) is 5.90. The van der Waals surface area contributed by atoms with Gasteiger partial charge in [0.2, 0.25) is 5.91 Å². The van der Waals surface area contributed by atoms with E-state index in [2.05, 4.69) is 28.9 Å². The first-order valence-corrected chi connectivity index (χ1v) is 9.52. The maximum Gasteiger partial charge on any atom is 0.240 e. The highest BCUT2D eigenvalue weighted by atomic mass is 16.5. The minimum atomic E-state index is 0.0115. The van der Waals surface area contributed by atoms with E-state index in [1.54, 1.807) is 4.90 Å². The van der Waals surface area contributed by atoms with Gasteiger partial charge in [0.05, 0.1) is 18.3 Å². The van der Waals surface area contributed by atoms with Crippen molar-refractivity contribution in [2.24, 2.45) is 5.41 Å². The SMILES string of the molecule is CCCN1CC2(CCN(C)CC2)C[C@@H]1C(=O)N(C)Cc1cc(C)no1. The number of carbonyl (C=O) groups is 1. The molecule has 3 rings (SSSR count). The number of aromatic nitrogens is 1. The lowest BCUT2D eigenvalue weighted by molar-refractivity contribution is -0.135. The Kier molecular flexibility index (Phi) is 5.49. The second-order valence-electron chi connectivity index (χ2n) is 8.12. The lowest BCUT2D eigenvalue weighted by Crippen LogP contribution is -2.44. The first-order valence-electron chi connectivity index (χ1n) is 9.52. The summed E-state index contributed by atoms with van der Waals surface area (Å²) >= 11 is 0. The summed E-state index contributed by atoms with van der Waals surface area (Å²) in [6.45, 7) is 8.96. The molecule has 25 heavy (non-hydrogen) atoms. The van der Waals surface area contributed by atoms with Crippen LogP contribution in [-0.2, 0) is 11.3 Å². The van der Waals surface area contributed by atoms with Crippen molar-refractivity contribution in [3.05, 3.63) is 17.5 Å². The van der Waals surface area contributed by atoms with E-state index in [4.69, 9.17) is 4.52 Å². The molecule has 0 N–H and O–H groups in total. The van der Waals surface area contributed by atoms with Gasteiger partial charge in [0.25, 0.3) is 0 Å². The summed E-state index contributed by atoms with van der Waals surface area (Å²) in [7, 11) is 4.07. The maximum atomic E-state index is 13.1. The predicted octanol–water partition coefficient (Wildman–Crippen LogP) is 2.14. The summed E-state index contributed by atoms with van der Waals surface area (Å²) in [6.07, 6.45) is 4.50. The topological polar surface area (TPSA) is 52.8 Å². The van der Waals surface area contributed by atoms with E-state index in [0.717, 1.165) is 50.5 Å². The van der Waals surface area contributed by atoms with Gasteiger partial charge in [-0.1, -0.05) is 12.1 Å². The Morgan fingerprint density at radius 3 is 2.76 bits per heavy atom. The summed E-state index contributed by atoms with van der Waals surface area (Å²) in [6, 6.07) is 1.91. The van der Waals surface area contributed by atoms with Crippen molar-refractivity contribution in [3.8, 4) is 0 Å². The Bertz CT molecular complexity index is 592. The number of rotatable bonds is 5. The molecule has 6 heteroatoms. The van der Waals surface area contributed by atoms with Crippen LogP contribution < -0.4 is 0 Å². The van der Waals surface area contributed by atoms with Gasteiger partial charge in [-0.2, -0.15) is 0 Å². The molecule has 1 aromatic heterocycles. The number of hydrogen-bond donors (Lipinski definition) is 0. The molecule has 0 aromatic carbocycles. The van der Waals surface area contributed by atoms with Crippen LogP contribution in [0.25, 0.3) is 0 Å². The molecule has 0 saturated carbocycles. The molecule has 1 amide bonds. The Morgan fingerprint density at radius 2 is 2.16 bits per heavy atom. The van der Waals surface area contributed by atoms with Gasteiger partial charge in [0.1, 0.15) is 0 Å². The van der Waals surface area contributed by atoms with Crippen LogP contribution >= 0.6 is 0 Å². The molecule has 0 unspecified atom stereocenters. The molecule has 3 heterocycles. The molecule has 1 spiro atoms. The van der Waals surface area contributed by atoms with Crippen LogP contribution in [0.15, 0.2) is 10.6 Å². The largest absolute Gasteiger partial charge is 0.359 e. The summed E-state index contributed by atoms with van der Waals surface area (Å²) in [5.74, 6) is 0.973. The van der Waals surface area contributed by atoms with Crippen molar-refractivity contribution in [1.29, 1.82) is 0 Å². The molecule has 2 saturated heterocycles. The number of likely N-dealkylation sites (N-methyl/N-ethyl adjacent to an activating group) is 1. The van der Waals surface area contributed by atoms with Gasteiger partial charge < -0.3 is 14.3 Å². The number of aryl methyl sites for hydroxylation is 1. The zero-order valence-corrected chi connectivity index (χ0v) is 16.1. The highest BCUT2D eigenvalue weighted by molar-refractivity contribution is 5.82. The van der Waals surface area contributed by atoms with Crippen molar-refractivity contribution in [2.45, 2.75) is 52.1 Å². The fourth-order valence-corrected chi connectivity index (χ4v) is 4.42. The van der Waals surface area contributed by atoms with Crippen molar-refractivity contribution in [2.75, 3.05) is 40.3 Å². The molecule has 0 aliphatic carbocycles. The third kappa shape index (κ3) is 4.06. The van der Waals surface area contributed by atoms with Gasteiger partial charge in [-0.25, -0.2) is 0 Å². The average molecular weight is 348 g/mol.